The molecule has 0 bridgehead atoms. The lowest BCUT2D eigenvalue weighted by molar-refractivity contribution is 0.0342. The molecule has 0 saturated carbocycles. The smallest absolute Gasteiger partial charge is 0.257 e. The fraction of sp³-hybridized carbons (Fsp3) is 0.263. The highest BCUT2D eigenvalue weighted by Crippen LogP contribution is 2.13. The standard InChI is InChI=1S/C19H20IN3O2S/c20-16-5-3-15(4-6-16)18(24)22-19(26)21-17-7-1-14(2-8-17)13-23-9-11-25-12-10-23/h1-8H,9-13H2,(H2,21,22,24,26). The number of morpholine rings is 1. The molecule has 1 fully saturated rings. The monoisotopic (exact) mass is 481 g/mol. The molecule has 0 unspecified atom stereocenters. The second kappa shape index (κ2) is 9.40. The number of carbonyl (C=O) groups is 1. The molecule has 1 amide bonds. The van der Waals surface area contributed by atoms with E-state index in [-0.39, 0.29) is 11.0 Å². The Morgan fingerprint density at radius 1 is 1.08 bits per heavy atom. The summed E-state index contributed by atoms with van der Waals surface area (Å²) in [5.41, 5.74) is 2.67. The molecule has 0 aliphatic carbocycles. The molecule has 2 aromatic carbocycles. The summed E-state index contributed by atoms with van der Waals surface area (Å²) in [6.07, 6.45) is 0. The van der Waals surface area contributed by atoms with E-state index in [0.29, 0.717) is 5.56 Å². The van der Waals surface area contributed by atoms with Gasteiger partial charge < -0.3 is 10.1 Å². The van der Waals surface area contributed by atoms with Crippen molar-refractivity contribution in [1.29, 1.82) is 0 Å². The number of ether oxygens (including phenoxy) is 1. The molecule has 1 saturated heterocycles. The van der Waals surface area contributed by atoms with Gasteiger partial charge in [0.2, 0.25) is 0 Å². The first-order valence-electron chi connectivity index (χ1n) is 8.37. The number of hydrogen-bond donors (Lipinski definition) is 2. The number of halogens is 1. The summed E-state index contributed by atoms with van der Waals surface area (Å²) in [6, 6.07) is 15.4. The summed E-state index contributed by atoms with van der Waals surface area (Å²) in [6.45, 7) is 4.45. The van der Waals surface area contributed by atoms with Gasteiger partial charge in [0, 0.05) is 34.5 Å². The minimum absolute atomic E-state index is 0.220. The molecule has 7 heteroatoms. The van der Waals surface area contributed by atoms with Gasteiger partial charge >= 0.3 is 0 Å². The fourth-order valence-corrected chi connectivity index (χ4v) is 3.22. The predicted octanol–water partition coefficient (Wildman–Crippen LogP) is 3.25. The van der Waals surface area contributed by atoms with Crippen LogP contribution in [0.2, 0.25) is 0 Å². The first-order chi connectivity index (χ1) is 12.6. The number of thiocarbonyl (C=S) groups is 1. The minimum atomic E-state index is -0.220. The maximum absolute atomic E-state index is 12.2. The van der Waals surface area contributed by atoms with E-state index in [0.717, 1.165) is 42.1 Å². The lowest BCUT2D eigenvalue weighted by Gasteiger charge is -2.26. The number of anilines is 1. The number of benzene rings is 2. The van der Waals surface area contributed by atoms with Crippen LogP contribution < -0.4 is 10.6 Å². The molecule has 136 valence electrons. The Morgan fingerprint density at radius 2 is 1.73 bits per heavy atom. The molecule has 0 radical (unpaired) electrons. The maximum atomic E-state index is 12.2. The maximum Gasteiger partial charge on any atom is 0.257 e. The molecule has 26 heavy (non-hydrogen) atoms. The van der Waals surface area contributed by atoms with Crippen molar-refractivity contribution in [1.82, 2.24) is 10.2 Å². The number of rotatable bonds is 4. The highest BCUT2D eigenvalue weighted by atomic mass is 127. The van der Waals surface area contributed by atoms with Crippen molar-refractivity contribution in [3.8, 4) is 0 Å². The largest absolute Gasteiger partial charge is 0.379 e. The van der Waals surface area contributed by atoms with E-state index < -0.39 is 0 Å². The third kappa shape index (κ3) is 5.73. The topological polar surface area (TPSA) is 53.6 Å². The van der Waals surface area contributed by atoms with Crippen molar-refractivity contribution in [3.63, 3.8) is 0 Å². The molecule has 1 aliphatic heterocycles. The Balaban J connectivity index is 1.50. The lowest BCUT2D eigenvalue weighted by atomic mass is 10.2. The van der Waals surface area contributed by atoms with Crippen molar-refractivity contribution in [2.45, 2.75) is 6.54 Å². The summed E-state index contributed by atoms with van der Waals surface area (Å²) in [5, 5.41) is 6.04. The van der Waals surface area contributed by atoms with Crippen LogP contribution in [0, 0.1) is 3.57 Å². The zero-order valence-corrected chi connectivity index (χ0v) is 17.2. The predicted molar refractivity (Wildman–Crippen MR) is 115 cm³/mol. The highest BCUT2D eigenvalue weighted by molar-refractivity contribution is 14.1. The molecule has 0 spiro atoms. The van der Waals surface area contributed by atoms with Gasteiger partial charge in [-0.1, -0.05) is 12.1 Å². The van der Waals surface area contributed by atoms with Gasteiger partial charge in [-0.25, -0.2) is 0 Å². The molecule has 1 aliphatic rings. The zero-order chi connectivity index (χ0) is 18.4. The molecule has 0 aromatic heterocycles. The summed E-state index contributed by atoms with van der Waals surface area (Å²) in [7, 11) is 0. The second-order valence-corrected chi connectivity index (χ2v) is 7.65. The van der Waals surface area contributed by atoms with Crippen LogP contribution in [-0.2, 0) is 11.3 Å². The summed E-state index contributed by atoms with van der Waals surface area (Å²) in [4.78, 5) is 14.5. The molecular formula is C19H20IN3O2S. The first-order valence-corrected chi connectivity index (χ1v) is 9.86. The Labute approximate surface area is 172 Å². The average Bonchev–Trinajstić information content (AvgIpc) is 2.64. The number of nitrogens with one attached hydrogen (secondary N) is 2. The molecule has 5 nitrogen and oxygen atoms in total. The summed E-state index contributed by atoms with van der Waals surface area (Å²) < 4.78 is 6.45. The lowest BCUT2D eigenvalue weighted by Crippen LogP contribution is -2.35. The van der Waals surface area contributed by atoms with Crippen molar-refractivity contribution < 1.29 is 9.53 Å². The van der Waals surface area contributed by atoms with E-state index >= 15 is 0 Å². The van der Waals surface area contributed by atoms with E-state index in [9.17, 15) is 4.79 Å². The summed E-state index contributed by atoms with van der Waals surface area (Å²) >= 11 is 7.44. The number of nitrogens with zero attached hydrogens (tertiary/aromatic N) is 1. The van der Waals surface area contributed by atoms with E-state index in [2.05, 4.69) is 50.3 Å². The Morgan fingerprint density at radius 3 is 2.38 bits per heavy atom. The van der Waals surface area contributed by atoms with Crippen LogP contribution in [-0.4, -0.2) is 42.2 Å². The molecule has 0 atom stereocenters. The van der Waals surface area contributed by atoms with Crippen LogP contribution in [0.5, 0.6) is 0 Å². The zero-order valence-electron chi connectivity index (χ0n) is 14.2. The van der Waals surface area contributed by atoms with Crippen LogP contribution in [0.4, 0.5) is 5.69 Å². The van der Waals surface area contributed by atoms with E-state index in [1.807, 2.05) is 24.3 Å². The Bertz CT molecular complexity index is 759. The minimum Gasteiger partial charge on any atom is -0.379 e. The van der Waals surface area contributed by atoms with Gasteiger partial charge in [-0.05, 0) is 76.8 Å². The van der Waals surface area contributed by atoms with Gasteiger partial charge in [0.1, 0.15) is 0 Å². The Hall–Kier alpha value is -1.55. The molecule has 2 aromatic rings. The average molecular weight is 481 g/mol. The van der Waals surface area contributed by atoms with Crippen LogP contribution >= 0.6 is 34.8 Å². The van der Waals surface area contributed by atoms with E-state index in [4.69, 9.17) is 17.0 Å². The van der Waals surface area contributed by atoms with Gasteiger partial charge in [-0.3, -0.25) is 15.0 Å². The molecule has 1 heterocycles. The van der Waals surface area contributed by atoms with Crippen LogP contribution in [0.1, 0.15) is 15.9 Å². The summed E-state index contributed by atoms with van der Waals surface area (Å²) in [5.74, 6) is -0.220. The van der Waals surface area contributed by atoms with Crippen molar-refractivity contribution in [3.05, 3.63) is 63.2 Å². The van der Waals surface area contributed by atoms with Crippen LogP contribution in [0.25, 0.3) is 0 Å². The van der Waals surface area contributed by atoms with E-state index in [1.165, 1.54) is 5.56 Å². The number of hydrogen-bond acceptors (Lipinski definition) is 4. The molecule has 2 N–H and O–H groups in total. The number of amides is 1. The fourth-order valence-electron chi connectivity index (χ4n) is 2.65. The van der Waals surface area contributed by atoms with Gasteiger partial charge in [0.05, 0.1) is 13.2 Å². The van der Waals surface area contributed by atoms with Gasteiger partial charge in [0.25, 0.3) is 5.91 Å². The van der Waals surface area contributed by atoms with Crippen molar-refractivity contribution in [2.24, 2.45) is 0 Å². The van der Waals surface area contributed by atoms with Crippen molar-refractivity contribution >= 4 is 51.5 Å². The quantitative estimate of drug-likeness (QED) is 0.519. The van der Waals surface area contributed by atoms with Crippen molar-refractivity contribution in [2.75, 3.05) is 31.6 Å². The molecule has 3 rings (SSSR count). The third-order valence-electron chi connectivity index (χ3n) is 4.06. The normalized spacial score (nSPS) is 14.7. The van der Waals surface area contributed by atoms with Gasteiger partial charge in [-0.2, -0.15) is 0 Å². The SMILES string of the molecule is O=C(NC(=S)Nc1ccc(CN2CCOCC2)cc1)c1ccc(I)cc1. The van der Waals surface area contributed by atoms with Crippen LogP contribution in [0.3, 0.4) is 0 Å². The van der Waals surface area contributed by atoms with E-state index in [1.54, 1.807) is 12.1 Å². The van der Waals surface area contributed by atoms with Crippen LogP contribution in [0.15, 0.2) is 48.5 Å². The number of carbonyl (C=O) groups excluding carboxylic acids is 1. The highest BCUT2D eigenvalue weighted by Gasteiger charge is 2.11. The second-order valence-electron chi connectivity index (χ2n) is 6.00. The Kier molecular flexibility index (Phi) is 6.95. The molecular weight excluding hydrogens is 461 g/mol. The van der Waals surface area contributed by atoms with Gasteiger partial charge in [-0.15, -0.1) is 0 Å². The first kappa shape index (κ1) is 19.2. The third-order valence-corrected chi connectivity index (χ3v) is 4.98. The van der Waals surface area contributed by atoms with Gasteiger partial charge in [0.15, 0.2) is 5.11 Å².